The maximum atomic E-state index is 9.03. The van der Waals surface area contributed by atoms with Gasteiger partial charge in [0.2, 0.25) is 0 Å². The van der Waals surface area contributed by atoms with E-state index >= 15 is 0 Å². The van der Waals surface area contributed by atoms with E-state index in [0.29, 0.717) is 0 Å². The second-order valence-electron chi connectivity index (χ2n) is 5.39. The second kappa shape index (κ2) is 7.24. The minimum absolute atomic E-state index is 0.0258. The Morgan fingerprint density at radius 1 is 1.21 bits per heavy atom. The molecule has 0 heterocycles. The number of hydrogen-bond acceptors (Lipinski definition) is 2. The van der Waals surface area contributed by atoms with Crippen molar-refractivity contribution in [3.63, 3.8) is 0 Å². The van der Waals surface area contributed by atoms with Crippen molar-refractivity contribution in [3.8, 4) is 0 Å². The lowest BCUT2D eigenvalue weighted by Gasteiger charge is -2.21. The Balaban J connectivity index is 3.21. The highest BCUT2D eigenvalue weighted by molar-refractivity contribution is 4.69. The van der Waals surface area contributed by atoms with Crippen LogP contribution in [0.2, 0.25) is 0 Å². The van der Waals surface area contributed by atoms with Crippen LogP contribution in [0, 0.1) is 11.3 Å². The molecule has 0 radical (unpaired) electrons. The van der Waals surface area contributed by atoms with Gasteiger partial charge in [-0.3, -0.25) is 0 Å². The summed E-state index contributed by atoms with van der Waals surface area (Å²) < 4.78 is 0. The molecule has 0 aromatic rings. The van der Waals surface area contributed by atoms with Crippen LogP contribution in [0.25, 0.3) is 0 Å². The SMILES string of the molecule is CC(C)CCCCNCC(C)(C)CO. The Labute approximate surface area is 89.1 Å². The molecular weight excluding hydrogens is 174 g/mol. The average Bonchev–Trinajstić information content (AvgIpc) is 2.10. The molecule has 14 heavy (non-hydrogen) atoms. The smallest absolute Gasteiger partial charge is 0.0494 e. The first-order chi connectivity index (χ1) is 6.48. The van der Waals surface area contributed by atoms with Gasteiger partial charge < -0.3 is 10.4 Å². The quantitative estimate of drug-likeness (QED) is 0.591. The maximum Gasteiger partial charge on any atom is 0.0494 e. The first kappa shape index (κ1) is 13.9. The average molecular weight is 201 g/mol. The van der Waals surface area contributed by atoms with Gasteiger partial charge in [0.05, 0.1) is 0 Å². The van der Waals surface area contributed by atoms with Gasteiger partial charge in [-0.25, -0.2) is 0 Å². The van der Waals surface area contributed by atoms with Crippen molar-refractivity contribution in [2.75, 3.05) is 19.7 Å². The summed E-state index contributed by atoms with van der Waals surface area (Å²) in [4.78, 5) is 0. The van der Waals surface area contributed by atoms with Crippen molar-refractivity contribution in [1.82, 2.24) is 5.32 Å². The predicted molar refractivity (Wildman–Crippen MR) is 62.4 cm³/mol. The third-order valence-electron chi connectivity index (χ3n) is 2.42. The fourth-order valence-corrected chi connectivity index (χ4v) is 1.29. The first-order valence-corrected chi connectivity index (χ1v) is 5.79. The van der Waals surface area contributed by atoms with E-state index in [1.807, 2.05) is 0 Å². The van der Waals surface area contributed by atoms with E-state index in [0.717, 1.165) is 19.0 Å². The van der Waals surface area contributed by atoms with Gasteiger partial charge in [0.25, 0.3) is 0 Å². The zero-order chi connectivity index (χ0) is 11.0. The van der Waals surface area contributed by atoms with Gasteiger partial charge in [0, 0.05) is 18.6 Å². The second-order valence-corrected chi connectivity index (χ2v) is 5.39. The highest BCUT2D eigenvalue weighted by Crippen LogP contribution is 2.11. The largest absolute Gasteiger partial charge is 0.396 e. The zero-order valence-corrected chi connectivity index (χ0v) is 10.3. The van der Waals surface area contributed by atoms with Crippen molar-refractivity contribution in [2.45, 2.75) is 47.0 Å². The van der Waals surface area contributed by atoms with Gasteiger partial charge in [-0.15, -0.1) is 0 Å². The van der Waals surface area contributed by atoms with Crippen molar-refractivity contribution in [3.05, 3.63) is 0 Å². The minimum atomic E-state index is 0.0258. The van der Waals surface area contributed by atoms with Gasteiger partial charge in [-0.05, 0) is 18.9 Å². The number of hydrogen-bond donors (Lipinski definition) is 2. The molecule has 0 spiro atoms. The summed E-state index contributed by atoms with van der Waals surface area (Å²) in [7, 11) is 0. The molecule has 0 aromatic heterocycles. The van der Waals surface area contributed by atoms with Crippen LogP contribution < -0.4 is 5.32 Å². The Morgan fingerprint density at radius 2 is 1.86 bits per heavy atom. The molecule has 86 valence electrons. The van der Waals surface area contributed by atoms with Gasteiger partial charge in [-0.1, -0.05) is 40.5 Å². The van der Waals surface area contributed by atoms with Crippen LogP contribution >= 0.6 is 0 Å². The molecule has 0 amide bonds. The van der Waals surface area contributed by atoms with E-state index in [2.05, 4.69) is 33.0 Å². The number of unbranched alkanes of at least 4 members (excludes halogenated alkanes) is 1. The van der Waals surface area contributed by atoms with E-state index in [1.165, 1.54) is 19.3 Å². The fourth-order valence-electron chi connectivity index (χ4n) is 1.29. The molecular formula is C12H27NO. The summed E-state index contributed by atoms with van der Waals surface area (Å²) >= 11 is 0. The Bertz CT molecular complexity index is 132. The summed E-state index contributed by atoms with van der Waals surface area (Å²) in [6.45, 7) is 10.9. The molecule has 0 unspecified atom stereocenters. The van der Waals surface area contributed by atoms with Crippen molar-refractivity contribution < 1.29 is 5.11 Å². The highest BCUT2D eigenvalue weighted by atomic mass is 16.3. The zero-order valence-electron chi connectivity index (χ0n) is 10.3. The van der Waals surface area contributed by atoms with Crippen LogP contribution in [0.4, 0.5) is 0 Å². The molecule has 0 fully saturated rings. The van der Waals surface area contributed by atoms with Gasteiger partial charge in [0.1, 0.15) is 0 Å². The van der Waals surface area contributed by atoms with Crippen LogP contribution in [-0.4, -0.2) is 24.8 Å². The van der Waals surface area contributed by atoms with Crippen molar-refractivity contribution in [1.29, 1.82) is 0 Å². The van der Waals surface area contributed by atoms with E-state index in [9.17, 15) is 0 Å². The third kappa shape index (κ3) is 8.52. The van der Waals surface area contributed by atoms with E-state index in [-0.39, 0.29) is 12.0 Å². The predicted octanol–water partition coefficient (Wildman–Crippen LogP) is 2.42. The Morgan fingerprint density at radius 3 is 2.36 bits per heavy atom. The number of aliphatic hydroxyl groups is 1. The molecule has 2 nitrogen and oxygen atoms in total. The maximum absolute atomic E-state index is 9.03. The molecule has 0 aromatic carbocycles. The molecule has 2 heteroatoms. The topological polar surface area (TPSA) is 32.3 Å². The normalized spacial score (nSPS) is 12.4. The molecule has 0 aliphatic heterocycles. The molecule has 0 aliphatic carbocycles. The minimum Gasteiger partial charge on any atom is -0.396 e. The van der Waals surface area contributed by atoms with E-state index < -0.39 is 0 Å². The Kier molecular flexibility index (Phi) is 7.20. The van der Waals surface area contributed by atoms with Crippen LogP contribution in [0.5, 0.6) is 0 Å². The van der Waals surface area contributed by atoms with Gasteiger partial charge in [0.15, 0.2) is 0 Å². The highest BCUT2D eigenvalue weighted by Gasteiger charge is 2.14. The summed E-state index contributed by atoms with van der Waals surface area (Å²) in [5, 5.41) is 12.4. The van der Waals surface area contributed by atoms with E-state index in [1.54, 1.807) is 0 Å². The number of rotatable bonds is 8. The summed E-state index contributed by atoms with van der Waals surface area (Å²) in [5.74, 6) is 0.823. The van der Waals surface area contributed by atoms with Crippen molar-refractivity contribution in [2.24, 2.45) is 11.3 Å². The fraction of sp³-hybridized carbons (Fsp3) is 1.00. The molecule has 0 saturated carbocycles. The molecule has 0 saturated heterocycles. The lowest BCUT2D eigenvalue weighted by atomic mass is 9.95. The summed E-state index contributed by atoms with van der Waals surface area (Å²) in [5.41, 5.74) is 0.0258. The van der Waals surface area contributed by atoms with Crippen molar-refractivity contribution >= 4 is 0 Å². The molecule has 0 atom stereocenters. The Hall–Kier alpha value is -0.0800. The van der Waals surface area contributed by atoms with Crippen LogP contribution in [0.1, 0.15) is 47.0 Å². The van der Waals surface area contributed by atoms with Gasteiger partial charge >= 0.3 is 0 Å². The molecule has 2 N–H and O–H groups in total. The molecule has 0 aliphatic rings. The lowest BCUT2D eigenvalue weighted by molar-refractivity contribution is 0.157. The number of nitrogens with one attached hydrogen (secondary N) is 1. The van der Waals surface area contributed by atoms with Gasteiger partial charge in [-0.2, -0.15) is 0 Å². The first-order valence-electron chi connectivity index (χ1n) is 5.79. The standard InChI is InChI=1S/C12H27NO/c1-11(2)7-5-6-8-13-9-12(3,4)10-14/h11,13-14H,5-10H2,1-4H3. The monoisotopic (exact) mass is 201 g/mol. The summed E-state index contributed by atoms with van der Waals surface area (Å²) in [6.07, 6.45) is 3.88. The number of aliphatic hydroxyl groups excluding tert-OH is 1. The molecule has 0 bridgehead atoms. The lowest BCUT2D eigenvalue weighted by Crippen LogP contribution is -2.32. The van der Waals surface area contributed by atoms with E-state index in [4.69, 9.17) is 5.11 Å². The summed E-state index contributed by atoms with van der Waals surface area (Å²) in [6, 6.07) is 0. The van der Waals surface area contributed by atoms with Crippen LogP contribution in [0.3, 0.4) is 0 Å². The van der Waals surface area contributed by atoms with Crippen LogP contribution in [0.15, 0.2) is 0 Å². The molecule has 0 rings (SSSR count). The van der Waals surface area contributed by atoms with Crippen LogP contribution in [-0.2, 0) is 0 Å². The third-order valence-corrected chi connectivity index (χ3v) is 2.42.